The third-order valence-electron chi connectivity index (χ3n) is 5.69. The van der Waals surface area contributed by atoms with E-state index in [1.54, 1.807) is 35.8 Å². The summed E-state index contributed by atoms with van der Waals surface area (Å²) in [6.07, 6.45) is 3.12. The molecule has 2 heterocycles. The molecule has 6 heteroatoms. The molecule has 0 spiro atoms. The smallest absolute Gasteiger partial charge is 0.348 e. The van der Waals surface area contributed by atoms with Crippen molar-refractivity contribution < 1.29 is 18.7 Å². The second-order valence-corrected chi connectivity index (χ2v) is 9.11. The van der Waals surface area contributed by atoms with E-state index >= 15 is 0 Å². The Labute approximate surface area is 179 Å². The standard InChI is InChI=1S/C24H24FNO3S/c1-14-8-9-22-17(10-14)12-23(30-22)24(28)29-13-21(27)18-11-15(2)26(16(18)3)20-7-5-4-6-19(20)25/h4-7,11-12,14H,8-10,13H2,1-3H3/t14-/m0/s1. The molecule has 0 bridgehead atoms. The number of para-hydroxylation sites is 1. The first kappa shape index (κ1) is 20.5. The quantitative estimate of drug-likeness (QED) is 0.403. The summed E-state index contributed by atoms with van der Waals surface area (Å²) in [4.78, 5) is 27.0. The van der Waals surface area contributed by atoms with E-state index in [0.29, 0.717) is 27.7 Å². The van der Waals surface area contributed by atoms with Crippen molar-refractivity contribution in [1.29, 1.82) is 0 Å². The Bertz CT molecular complexity index is 1130. The number of Topliss-reactive ketones (excluding diaryl/α,β-unsaturated/α-hetero) is 1. The SMILES string of the molecule is Cc1cc(C(=O)COC(=O)c2cc3c(s2)CC[C@H](C)C3)c(C)n1-c1ccccc1F. The van der Waals surface area contributed by atoms with Gasteiger partial charge in [0.05, 0.1) is 5.69 Å². The number of halogens is 1. The van der Waals surface area contributed by atoms with Crippen LogP contribution in [0.4, 0.5) is 4.39 Å². The summed E-state index contributed by atoms with van der Waals surface area (Å²) in [6.45, 7) is 5.47. The maximum Gasteiger partial charge on any atom is 0.348 e. The van der Waals surface area contributed by atoms with Crippen LogP contribution in [0.2, 0.25) is 0 Å². The lowest BCUT2D eigenvalue weighted by Crippen LogP contribution is -2.14. The minimum atomic E-state index is -0.460. The number of thiophene rings is 1. The largest absolute Gasteiger partial charge is 0.453 e. The number of carbonyl (C=O) groups is 2. The van der Waals surface area contributed by atoms with Crippen molar-refractivity contribution in [1.82, 2.24) is 4.57 Å². The van der Waals surface area contributed by atoms with Gasteiger partial charge in [0.25, 0.3) is 0 Å². The molecular weight excluding hydrogens is 401 g/mol. The van der Waals surface area contributed by atoms with Crippen LogP contribution in [0.5, 0.6) is 0 Å². The van der Waals surface area contributed by atoms with E-state index in [1.807, 2.05) is 13.0 Å². The Morgan fingerprint density at radius 2 is 2.00 bits per heavy atom. The molecule has 30 heavy (non-hydrogen) atoms. The van der Waals surface area contributed by atoms with Gasteiger partial charge in [0, 0.05) is 21.8 Å². The molecule has 1 aliphatic carbocycles. The first-order valence-electron chi connectivity index (χ1n) is 10.1. The summed E-state index contributed by atoms with van der Waals surface area (Å²) in [7, 11) is 0. The van der Waals surface area contributed by atoms with Crippen LogP contribution < -0.4 is 0 Å². The van der Waals surface area contributed by atoms with Gasteiger partial charge in [-0.15, -0.1) is 11.3 Å². The number of fused-ring (bicyclic) bond motifs is 1. The average molecular weight is 426 g/mol. The van der Waals surface area contributed by atoms with E-state index in [4.69, 9.17) is 4.74 Å². The maximum absolute atomic E-state index is 14.2. The van der Waals surface area contributed by atoms with Crippen LogP contribution in [0.3, 0.4) is 0 Å². The van der Waals surface area contributed by atoms with Crippen molar-refractivity contribution in [3.63, 3.8) is 0 Å². The van der Waals surface area contributed by atoms with Gasteiger partial charge in [-0.3, -0.25) is 4.79 Å². The molecule has 0 saturated heterocycles. The Kier molecular flexibility index (Phi) is 5.60. The van der Waals surface area contributed by atoms with E-state index in [1.165, 1.54) is 27.8 Å². The van der Waals surface area contributed by atoms with Crippen LogP contribution in [-0.2, 0) is 17.6 Å². The number of esters is 1. The van der Waals surface area contributed by atoms with E-state index < -0.39 is 5.97 Å². The van der Waals surface area contributed by atoms with Gasteiger partial charge in [0.2, 0.25) is 5.78 Å². The fourth-order valence-electron chi connectivity index (χ4n) is 4.14. The van der Waals surface area contributed by atoms with Crippen LogP contribution in [0.15, 0.2) is 36.4 Å². The third kappa shape index (κ3) is 3.84. The van der Waals surface area contributed by atoms with Crippen molar-refractivity contribution >= 4 is 23.1 Å². The lowest BCUT2D eigenvalue weighted by atomic mass is 9.90. The van der Waals surface area contributed by atoms with Crippen LogP contribution >= 0.6 is 11.3 Å². The number of hydrogen-bond donors (Lipinski definition) is 0. The van der Waals surface area contributed by atoms with Gasteiger partial charge in [-0.05, 0) is 68.9 Å². The van der Waals surface area contributed by atoms with E-state index in [0.717, 1.165) is 25.0 Å². The van der Waals surface area contributed by atoms with Gasteiger partial charge < -0.3 is 9.30 Å². The third-order valence-corrected chi connectivity index (χ3v) is 6.91. The van der Waals surface area contributed by atoms with Crippen molar-refractivity contribution in [3.05, 3.63) is 74.5 Å². The van der Waals surface area contributed by atoms with Gasteiger partial charge in [-0.2, -0.15) is 0 Å². The maximum atomic E-state index is 14.2. The number of nitrogens with zero attached hydrogens (tertiary/aromatic N) is 1. The number of hydrogen-bond acceptors (Lipinski definition) is 4. The highest BCUT2D eigenvalue weighted by atomic mass is 32.1. The molecule has 1 aromatic carbocycles. The van der Waals surface area contributed by atoms with E-state index in [-0.39, 0.29) is 18.2 Å². The van der Waals surface area contributed by atoms with Gasteiger partial charge in [0.15, 0.2) is 6.61 Å². The molecule has 0 fully saturated rings. The molecule has 0 aliphatic heterocycles. The van der Waals surface area contributed by atoms with Crippen molar-refractivity contribution in [2.45, 2.75) is 40.0 Å². The monoisotopic (exact) mass is 425 g/mol. The molecule has 0 saturated carbocycles. The predicted octanol–water partition coefficient (Wildman–Crippen LogP) is 5.46. The Balaban J connectivity index is 1.48. The normalized spacial score (nSPS) is 15.7. The molecule has 2 aromatic heterocycles. The van der Waals surface area contributed by atoms with Crippen molar-refractivity contribution in [2.75, 3.05) is 6.61 Å². The molecule has 3 aromatic rings. The van der Waals surface area contributed by atoms with Crippen LogP contribution in [0, 0.1) is 25.6 Å². The molecular formula is C24H24FNO3S. The fraction of sp³-hybridized carbons (Fsp3) is 0.333. The fourth-order valence-corrected chi connectivity index (χ4v) is 5.24. The number of ether oxygens (including phenoxy) is 1. The van der Waals surface area contributed by atoms with Crippen molar-refractivity contribution in [2.24, 2.45) is 5.92 Å². The number of aromatic nitrogens is 1. The number of aryl methyl sites for hydroxylation is 2. The molecule has 156 valence electrons. The average Bonchev–Trinajstić information content (AvgIpc) is 3.27. The summed E-state index contributed by atoms with van der Waals surface area (Å²) in [6, 6.07) is 10.1. The molecule has 0 N–H and O–H groups in total. The van der Waals surface area contributed by atoms with Crippen LogP contribution in [-0.4, -0.2) is 22.9 Å². The number of ketones is 1. The van der Waals surface area contributed by atoms with E-state index in [2.05, 4.69) is 6.92 Å². The second-order valence-electron chi connectivity index (χ2n) is 7.98. The second kappa shape index (κ2) is 8.19. The topological polar surface area (TPSA) is 48.3 Å². The zero-order chi connectivity index (χ0) is 21.4. The molecule has 0 radical (unpaired) electrons. The van der Waals surface area contributed by atoms with Crippen LogP contribution in [0.1, 0.15) is 55.2 Å². The number of benzene rings is 1. The molecule has 4 nitrogen and oxygen atoms in total. The molecule has 0 amide bonds. The van der Waals surface area contributed by atoms with Gasteiger partial charge in [-0.25, -0.2) is 9.18 Å². The Morgan fingerprint density at radius 1 is 1.23 bits per heavy atom. The zero-order valence-corrected chi connectivity index (χ0v) is 18.1. The highest BCUT2D eigenvalue weighted by Crippen LogP contribution is 2.32. The van der Waals surface area contributed by atoms with Crippen LogP contribution in [0.25, 0.3) is 5.69 Å². The summed E-state index contributed by atoms with van der Waals surface area (Å²) >= 11 is 1.47. The summed E-state index contributed by atoms with van der Waals surface area (Å²) < 4.78 is 21.3. The highest BCUT2D eigenvalue weighted by molar-refractivity contribution is 7.14. The van der Waals surface area contributed by atoms with E-state index in [9.17, 15) is 14.0 Å². The van der Waals surface area contributed by atoms with Gasteiger partial charge in [0.1, 0.15) is 10.7 Å². The lowest BCUT2D eigenvalue weighted by Gasteiger charge is -2.16. The molecule has 4 rings (SSSR count). The highest BCUT2D eigenvalue weighted by Gasteiger charge is 2.23. The number of rotatable bonds is 5. The first-order chi connectivity index (χ1) is 14.3. The van der Waals surface area contributed by atoms with Gasteiger partial charge in [-0.1, -0.05) is 19.1 Å². The summed E-state index contributed by atoms with van der Waals surface area (Å²) in [5.41, 5.74) is 3.42. The number of carbonyl (C=O) groups excluding carboxylic acids is 2. The minimum absolute atomic E-state index is 0.297. The lowest BCUT2D eigenvalue weighted by molar-refractivity contribution is 0.0479. The Morgan fingerprint density at radius 3 is 2.77 bits per heavy atom. The Hall–Kier alpha value is -2.73. The molecule has 1 atom stereocenters. The molecule has 1 aliphatic rings. The molecule has 0 unspecified atom stereocenters. The zero-order valence-electron chi connectivity index (χ0n) is 17.3. The van der Waals surface area contributed by atoms with Crippen molar-refractivity contribution in [3.8, 4) is 5.69 Å². The minimum Gasteiger partial charge on any atom is -0.453 e. The first-order valence-corrected chi connectivity index (χ1v) is 10.9. The summed E-state index contributed by atoms with van der Waals surface area (Å²) in [5, 5.41) is 0. The summed E-state index contributed by atoms with van der Waals surface area (Å²) in [5.74, 6) is -0.491. The van der Waals surface area contributed by atoms with Gasteiger partial charge >= 0.3 is 5.97 Å². The predicted molar refractivity (Wildman–Crippen MR) is 115 cm³/mol.